The summed E-state index contributed by atoms with van der Waals surface area (Å²) < 4.78 is 3.73. The number of nitrogens with zero attached hydrogens (tertiary/aromatic N) is 5. The van der Waals surface area contributed by atoms with Crippen LogP contribution in [0.4, 0.5) is 0 Å². The highest BCUT2D eigenvalue weighted by Gasteiger charge is 2.16. The standard InChI is InChI=1S/C26H26ClN5O/c1-19-24(20(2)31(29-19)17-22-9-7-8-12-25(22)27)18-30(3)26(33)14-13-21-15-28-32(16-21)23-10-5-4-6-11-23/h4-16H,17-18H2,1-3H3/b14-13+. The van der Waals surface area contributed by atoms with Crippen molar-refractivity contribution in [2.75, 3.05) is 7.05 Å². The average Bonchev–Trinajstić information content (AvgIpc) is 3.40. The summed E-state index contributed by atoms with van der Waals surface area (Å²) in [5, 5.41) is 9.76. The first-order valence-electron chi connectivity index (χ1n) is 10.7. The van der Waals surface area contributed by atoms with Gasteiger partial charge in [-0.05, 0) is 43.7 Å². The van der Waals surface area contributed by atoms with Crippen LogP contribution in [-0.2, 0) is 17.9 Å². The van der Waals surface area contributed by atoms with Crippen molar-refractivity contribution < 1.29 is 4.79 Å². The van der Waals surface area contributed by atoms with E-state index in [0.29, 0.717) is 13.1 Å². The van der Waals surface area contributed by atoms with E-state index in [1.54, 1.807) is 35.0 Å². The normalized spacial score (nSPS) is 11.3. The third-order valence-electron chi connectivity index (χ3n) is 5.62. The van der Waals surface area contributed by atoms with Crippen molar-refractivity contribution in [3.8, 4) is 5.69 Å². The second kappa shape index (κ2) is 9.88. The summed E-state index contributed by atoms with van der Waals surface area (Å²) in [6.45, 7) is 5.07. The van der Waals surface area contributed by atoms with Gasteiger partial charge in [0, 0.05) is 47.7 Å². The molecule has 0 unspecified atom stereocenters. The zero-order valence-corrected chi connectivity index (χ0v) is 19.7. The van der Waals surface area contributed by atoms with Crippen LogP contribution >= 0.6 is 11.6 Å². The molecule has 2 aromatic carbocycles. The Morgan fingerprint density at radius 1 is 1.09 bits per heavy atom. The zero-order valence-electron chi connectivity index (χ0n) is 18.9. The SMILES string of the molecule is Cc1nn(Cc2ccccc2Cl)c(C)c1CN(C)C(=O)/C=C/c1cnn(-c2ccccc2)c1. The lowest BCUT2D eigenvalue weighted by atomic mass is 10.1. The number of benzene rings is 2. The first-order valence-corrected chi connectivity index (χ1v) is 11.1. The summed E-state index contributed by atoms with van der Waals surface area (Å²) in [4.78, 5) is 14.4. The highest BCUT2D eigenvalue weighted by atomic mass is 35.5. The molecule has 0 aliphatic heterocycles. The number of rotatable bonds is 7. The van der Waals surface area contributed by atoms with E-state index in [0.717, 1.165) is 38.8 Å². The van der Waals surface area contributed by atoms with E-state index >= 15 is 0 Å². The van der Waals surface area contributed by atoms with Crippen molar-refractivity contribution in [1.82, 2.24) is 24.5 Å². The molecule has 0 aliphatic rings. The van der Waals surface area contributed by atoms with Gasteiger partial charge in [-0.3, -0.25) is 9.48 Å². The van der Waals surface area contributed by atoms with Crippen LogP contribution in [0.15, 0.2) is 73.1 Å². The fourth-order valence-electron chi connectivity index (χ4n) is 3.66. The van der Waals surface area contributed by atoms with E-state index in [1.165, 1.54) is 0 Å². The van der Waals surface area contributed by atoms with Crippen LogP contribution in [0.3, 0.4) is 0 Å². The molecule has 4 rings (SSSR count). The molecule has 0 saturated heterocycles. The van der Waals surface area contributed by atoms with Crippen molar-refractivity contribution in [1.29, 1.82) is 0 Å². The zero-order chi connectivity index (χ0) is 23.4. The molecule has 0 bridgehead atoms. The van der Waals surface area contributed by atoms with Gasteiger partial charge in [0.1, 0.15) is 0 Å². The first kappa shape index (κ1) is 22.6. The number of likely N-dealkylation sites (N-methyl/N-ethyl adjacent to an activating group) is 1. The molecule has 6 nitrogen and oxygen atoms in total. The molecular formula is C26H26ClN5O. The van der Waals surface area contributed by atoms with E-state index < -0.39 is 0 Å². The van der Waals surface area contributed by atoms with E-state index in [4.69, 9.17) is 11.6 Å². The molecule has 7 heteroatoms. The Bertz CT molecular complexity index is 1290. The Morgan fingerprint density at radius 2 is 1.82 bits per heavy atom. The molecule has 33 heavy (non-hydrogen) atoms. The van der Waals surface area contributed by atoms with E-state index in [9.17, 15) is 4.79 Å². The van der Waals surface area contributed by atoms with E-state index in [-0.39, 0.29) is 5.91 Å². The summed E-state index contributed by atoms with van der Waals surface area (Å²) in [6.07, 6.45) is 6.99. The maximum absolute atomic E-state index is 12.7. The molecule has 0 saturated carbocycles. The lowest BCUT2D eigenvalue weighted by Gasteiger charge is -2.15. The Labute approximate surface area is 198 Å². The van der Waals surface area contributed by atoms with E-state index in [1.807, 2.05) is 79.3 Å². The van der Waals surface area contributed by atoms with Gasteiger partial charge in [0.25, 0.3) is 0 Å². The van der Waals surface area contributed by atoms with Crippen molar-refractivity contribution in [2.45, 2.75) is 26.9 Å². The van der Waals surface area contributed by atoms with Crippen LogP contribution in [0, 0.1) is 13.8 Å². The lowest BCUT2D eigenvalue weighted by Crippen LogP contribution is -2.24. The smallest absolute Gasteiger partial charge is 0.246 e. The predicted molar refractivity (Wildman–Crippen MR) is 131 cm³/mol. The molecule has 2 aromatic heterocycles. The van der Waals surface area contributed by atoms with Crippen LogP contribution in [0.5, 0.6) is 0 Å². The number of para-hydroxylation sites is 1. The quantitative estimate of drug-likeness (QED) is 0.363. The van der Waals surface area contributed by atoms with Crippen molar-refractivity contribution >= 4 is 23.6 Å². The van der Waals surface area contributed by atoms with Crippen LogP contribution < -0.4 is 0 Å². The van der Waals surface area contributed by atoms with Gasteiger partial charge in [-0.1, -0.05) is 48.0 Å². The third-order valence-corrected chi connectivity index (χ3v) is 5.99. The molecule has 0 N–H and O–H groups in total. The van der Waals surface area contributed by atoms with Crippen molar-refractivity contribution in [3.63, 3.8) is 0 Å². The summed E-state index contributed by atoms with van der Waals surface area (Å²) in [5.74, 6) is -0.0832. The van der Waals surface area contributed by atoms with Gasteiger partial charge in [-0.15, -0.1) is 0 Å². The molecule has 168 valence electrons. The summed E-state index contributed by atoms with van der Waals surface area (Å²) >= 11 is 6.31. The molecule has 0 atom stereocenters. The minimum atomic E-state index is -0.0832. The summed E-state index contributed by atoms with van der Waals surface area (Å²) in [5.41, 5.74) is 5.83. The van der Waals surface area contributed by atoms with Crippen molar-refractivity contribution in [2.24, 2.45) is 0 Å². The maximum Gasteiger partial charge on any atom is 0.246 e. The topological polar surface area (TPSA) is 56.0 Å². The molecule has 2 heterocycles. The molecular weight excluding hydrogens is 434 g/mol. The van der Waals surface area contributed by atoms with Crippen LogP contribution in [0.25, 0.3) is 11.8 Å². The molecule has 1 amide bonds. The predicted octanol–water partition coefficient (Wildman–Crippen LogP) is 5.06. The number of aromatic nitrogens is 4. The second-order valence-electron chi connectivity index (χ2n) is 7.98. The van der Waals surface area contributed by atoms with Gasteiger partial charge in [-0.25, -0.2) is 4.68 Å². The maximum atomic E-state index is 12.7. The number of hydrogen-bond acceptors (Lipinski definition) is 3. The third kappa shape index (κ3) is 5.23. The number of hydrogen-bond donors (Lipinski definition) is 0. The highest BCUT2D eigenvalue weighted by Crippen LogP contribution is 2.20. The number of halogens is 1. The van der Waals surface area contributed by atoms with Gasteiger partial charge >= 0.3 is 0 Å². The summed E-state index contributed by atoms with van der Waals surface area (Å²) in [6, 6.07) is 17.6. The Balaban J connectivity index is 1.42. The Morgan fingerprint density at radius 3 is 2.58 bits per heavy atom. The molecule has 0 aliphatic carbocycles. The van der Waals surface area contributed by atoms with Crippen LogP contribution in [0.1, 0.15) is 28.1 Å². The van der Waals surface area contributed by atoms with Gasteiger partial charge in [0.2, 0.25) is 5.91 Å². The number of aryl methyl sites for hydroxylation is 1. The largest absolute Gasteiger partial charge is 0.338 e. The average molecular weight is 460 g/mol. The second-order valence-corrected chi connectivity index (χ2v) is 8.39. The fraction of sp³-hybridized carbons (Fsp3) is 0.192. The van der Waals surface area contributed by atoms with Gasteiger partial charge in [-0.2, -0.15) is 10.2 Å². The first-order chi connectivity index (χ1) is 15.9. The minimum absolute atomic E-state index is 0.0832. The number of carbonyl (C=O) groups excluding carboxylic acids is 1. The van der Waals surface area contributed by atoms with Gasteiger partial charge in [0.15, 0.2) is 0 Å². The van der Waals surface area contributed by atoms with Gasteiger partial charge < -0.3 is 4.90 Å². The number of amides is 1. The highest BCUT2D eigenvalue weighted by molar-refractivity contribution is 6.31. The molecule has 0 radical (unpaired) electrons. The monoisotopic (exact) mass is 459 g/mol. The van der Waals surface area contributed by atoms with Crippen molar-refractivity contribution in [3.05, 3.63) is 106 Å². The minimum Gasteiger partial charge on any atom is -0.338 e. The molecule has 0 fully saturated rings. The van der Waals surface area contributed by atoms with E-state index in [2.05, 4.69) is 10.2 Å². The summed E-state index contributed by atoms with van der Waals surface area (Å²) in [7, 11) is 1.80. The molecule has 0 spiro atoms. The number of carbonyl (C=O) groups is 1. The van der Waals surface area contributed by atoms with Crippen LogP contribution in [0.2, 0.25) is 5.02 Å². The fourth-order valence-corrected chi connectivity index (χ4v) is 3.85. The Hall–Kier alpha value is -3.64. The molecule has 4 aromatic rings. The Kier molecular flexibility index (Phi) is 6.75. The van der Waals surface area contributed by atoms with Gasteiger partial charge in [0.05, 0.1) is 24.1 Å². The lowest BCUT2D eigenvalue weighted by molar-refractivity contribution is -0.125. The van der Waals surface area contributed by atoms with Crippen LogP contribution in [-0.4, -0.2) is 37.4 Å².